The summed E-state index contributed by atoms with van der Waals surface area (Å²) in [5.41, 5.74) is 0. The van der Waals surface area contributed by atoms with Crippen molar-refractivity contribution < 1.29 is 8.42 Å². The lowest BCUT2D eigenvalue weighted by Crippen LogP contribution is -2.01. The second-order valence-electron chi connectivity index (χ2n) is 3.30. The monoisotopic (exact) mass is 204 g/mol. The molecule has 0 aromatic heterocycles. The van der Waals surface area contributed by atoms with Crippen LogP contribution in [0.4, 0.5) is 0 Å². The molecule has 0 fully saturated rings. The zero-order chi connectivity index (χ0) is 10.2. The third-order valence-electron chi connectivity index (χ3n) is 2.04. The van der Waals surface area contributed by atoms with Crippen LogP contribution in [0.1, 0.15) is 45.4 Å². The number of hydrogen-bond donors (Lipinski definition) is 0. The fourth-order valence-electron chi connectivity index (χ4n) is 1.17. The highest BCUT2D eigenvalue weighted by atomic mass is 32.2. The normalized spacial score (nSPS) is 11.5. The molecule has 0 N–H and O–H groups in total. The molecule has 0 aliphatic carbocycles. The van der Waals surface area contributed by atoms with Gasteiger partial charge in [0, 0.05) is 5.41 Å². The Morgan fingerprint density at radius 1 is 1.08 bits per heavy atom. The quantitative estimate of drug-likeness (QED) is 0.570. The molecule has 0 spiro atoms. The molecule has 78 valence electrons. The number of rotatable bonds is 8. The van der Waals surface area contributed by atoms with E-state index in [1.807, 2.05) is 0 Å². The van der Waals surface area contributed by atoms with Gasteiger partial charge in [-0.15, -0.1) is 0 Å². The molecule has 0 atom stereocenters. The maximum atomic E-state index is 11.0. The second kappa shape index (κ2) is 7.13. The van der Waals surface area contributed by atoms with E-state index in [0.29, 0.717) is 0 Å². The van der Waals surface area contributed by atoms with E-state index in [0.717, 1.165) is 24.7 Å². The minimum Gasteiger partial charge on any atom is -0.224 e. The summed E-state index contributed by atoms with van der Waals surface area (Å²) < 4.78 is 21.9. The molecule has 0 aliphatic heterocycles. The van der Waals surface area contributed by atoms with Crippen LogP contribution in [0, 0.1) is 0 Å². The lowest BCUT2D eigenvalue weighted by Gasteiger charge is -1.99. The maximum absolute atomic E-state index is 11.0. The highest BCUT2D eigenvalue weighted by Crippen LogP contribution is 2.06. The number of hydrogen-bond acceptors (Lipinski definition) is 2. The van der Waals surface area contributed by atoms with Gasteiger partial charge in [-0.3, -0.25) is 0 Å². The van der Waals surface area contributed by atoms with Gasteiger partial charge in [-0.2, -0.15) is 0 Å². The van der Waals surface area contributed by atoms with E-state index in [2.05, 4.69) is 13.5 Å². The van der Waals surface area contributed by atoms with Crippen molar-refractivity contribution in [2.24, 2.45) is 0 Å². The standard InChI is InChI=1S/C10H20O2S/c1-3-5-6-7-8-9-10-13(11,12)4-2/h4H,2-3,5-10H2,1H3. The van der Waals surface area contributed by atoms with Gasteiger partial charge in [-0.1, -0.05) is 45.6 Å². The predicted octanol–water partition coefficient (Wildman–Crippen LogP) is 2.91. The first kappa shape index (κ1) is 12.7. The molecule has 3 heteroatoms. The van der Waals surface area contributed by atoms with Gasteiger partial charge in [0.25, 0.3) is 0 Å². The Hall–Kier alpha value is -0.310. The molecule has 0 unspecified atom stereocenters. The number of sulfone groups is 1. The van der Waals surface area contributed by atoms with E-state index in [-0.39, 0.29) is 5.75 Å². The Morgan fingerprint density at radius 3 is 2.15 bits per heavy atom. The smallest absolute Gasteiger partial charge is 0.171 e. The van der Waals surface area contributed by atoms with Crippen molar-refractivity contribution in [2.45, 2.75) is 45.4 Å². The summed E-state index contributed by atoms with van der Waals surface area (Å²) in [6.07, 6.45) is 6.66. The molecule has 0 aromatic rings. The fourth-order valence-corrected chi connectivity index (χ4v) is 1.94. The molecule has 0 aliphatic rings. The average molecular weight is 204 g/mol. The topological polar surface area (TPSA) is 34.1 Å². The summed E-state index contributed by atoms with van der Waals surface area (Å²) in [5, 5.41) is 1.05. The van der Waals surface area contributed by atoms with Crippen molar-refractivity contribution >= 4 is 9.84 Å². The van der Waals surface area contributed by atoms with Gasteiger partial charge in [0.2, 0.25) is 0 Å². The van der Waals surface area contributed by atoms with E-state index >= 15 is 0 Å². The largest absolute Gasteiger partial charge is 0.224 e. The van der Waals surface area contributed by atoms with Gasteiger partial charge in [-0.05, 0) is 6.42 Å². The van der Waals surface area contributed by atoms with Gasteiger partial charge in [0.1, 0.15) is 0 Å². The second-order valence-corrected chi connectivity index (χ2v) is 5.37. The van der Waals surface area contributed by atoms with Crippen molar-refractivity contribution in [1.82, 2.24) is 0 Å². The maximum Gasteiger partial charge on any atom is 0.171 e. The molecule has 0 saturated carbocycles. The van der Waals surface area contributed by atoms with Gasteiger partial charge >= 0.3 is 0 Å². The van der Waals surface area contributed by atoms with Crippen LogP contribution in [-0.2, 0) is 9.84 Å². The van der Waals surface area contributed by atoms with E-state index in [1.165, 1.54) is 19.3 Å². The van der Waals surface area contributed by atoms with Gasteiger partial charge in [0.15, 0.2) is 9.84 Å². The first-order valence-corrected chi connectivity index (χ1v) is 6.69. The van der Waals surface area contributed by atoms with E-state index in [1.54, 1.807) is 0 Å². The van der Waals surface area contributed by atoms with Crippen LogP contribution in [-0.4, -0.2) is 14.2 Å². The van der Waals surface area contributed by atoms with Gasteiger partial charge in [0.05, 0.1) is 5.75 Å². The van der Waals surface area contributed by atoms with E-state index in [9.17, 15) is 8.42 Å². The zero-order valence-electron chi connectivity index (χ0n) is 8.46. The summed E-state index contributed by atoms with van der Waals surface area (Å²) in [7, 11) is -2.95. The van der Waals surface area contributed by atoms with Crippen molar-refractivity contribution in [3.8, 4) is 0 Å². The fraction of sp³-hybridized carbons (Fsp3) is 0.800. The highest BCUT2D eigenvalue weighted by molar-refractivity contribution is 7.94. The van der Waals surface area contributed by atoms with E-state index < -0.39 is 9.84 Å². The van der Waals surface area contributed by atoms with Crippen LogP contribution in [0.5, 0.6) is 0 Å². The van der Waals surface area contributed by atoms with Crippen LogP contribution in [0.15, 0.2) is 12.0 Å². The third kappa shape index (κ3) is 8.03. The molecule has 0 bridgehead atoms. The Bertz CT molecular complexity index is 217. The van der Waals surface area contributed by atoms with Crippen LogP contribution < -0.4 is 0 Å². The Morgan fingerprint density at radius 2 is 1.62 bits per heavy atom. The van der Waals surface area contributed by atoms with Crippen molar-refractivity contribution in [3.05, 3.63) is 12.0 Å². The van der Waals surface area contributed by atoms with Crippen LogP contribution >= 0.6 is 0 Å². The Balaban J connectivity index is 3.31. The van der Waals surface area contributed by atoms with Gasteiger partial charge < -0.3 is 0 Å². The van der Waals surface area contributed by atoms with Crippen LogP contribution in [0.2, 0.25) is 0 Å². The van der Waals surface area contributed by atoms with Crippen molar-refractivity contribution in [3.63, 3.8) is 0 Å². The van der Waals surface area contributed by atoms with Crippen molar-refractivity contribution in [1.29, 1.82) is 0 Å². The van der Waals surface area contributed by atoms with Gasteiger partial charge in [-0.25, -0.2) is 8.42 Å². The van der Waals surface area contributed by atoms with Crippen molar-refractivity contribution in [2.75, 3.05) is 5.75 Å². The lowest BCUT2D eigenvalue weighted by atomic mass is 10.1. The molecule has 0 rings (SSSR count). The predicted molar refractivity (Wildman–Crippen MR) is 57.4 cm³/mol. The van der Waals surface area contributed by atoms with Crippen LogP contribution in [0.3, 0.4) is 0 Å². The lowest BCUT2D eigenvalue weighted by molar-refractivity contribution is 0.591. The molecule has 2 nitrogen and oxygen atoms in total. The Labute approximate surface area is 82.0 Å². The van der Waals surface area contributed by atoms with E-state index in [4.69, 9.17) is 0 Å². The summed E-state index contributed by atoms with van der Waals surface area (Å²) in [5.74, 6) is 0.266. The Kier molecular flexibility index (Phi) is 6.96. The highest BCUT2D eigenvalue weighted by Gasteiger charge is 2.02. The summed E-state index contributed by atoms with van der Waals surface area (Å²) in [6.45, 7) is 5.44. The van der Waals surface area contributed by atoms with Crippen LogP contribution in [0.25, 0.3) is 0 Å². The molecule has 13 heavy (non-hydrogen) atoms. The molecule has 0 radical (unpaired) electrons. The minimum absolute atomic E-state index is 0.266. The molecule has 0 amide bonds. The molecular formula is C10H20O2S. The summed E-state index contributed by atoms with van der Waals surface area (Å²) in [4.78, 5) is 0. The zero-order valence-corrected chi connectivity index (χ0v) is 9.28. The molecule has 0 aromatic carbocycles. The third-order valence-corrected chi connectivity index (χ3v) is 3.40. The summed E-state index contributed by atoms with van der Waals surface area (Å²) in [6, 6.07) is 0. The molecular weight excluding hydrogens is 184 g/mol. The minimum atomic E-state index is -2.95. The molecule has 0 heterocycles. The first-order chi connectivity index (χ1) is 6.12. The first-order valence-electron chi connectivity index (χ1n) is 4.97. The summed E-state index contributed by atoms with van der Waals surface area (Å²) >= 11 is 0. The average Bonchev–Trinajstić information content (AvgIpc) is 2.11. The number of unbranched alkanes of at least 4 members (excludes halogenated alkanes) is 5. The SMILES string of the molecule is C=CS(=O)(=O)CCCCCCCC. The molecule has 0 saturated heterocycles.